The first-order valence-corrected chi connectivity index (χ1v) is 6.77. The fourth-order valence-corrected chi connectivity index (χ4v) is 1.92. The summed E-state index contributed by atoms with van der Waals surface area (Å²) in [4.78, 5) is 11.9. The molecule has 1 amide bonds. The highest BCUT2D eigenvalue weighted by Crippen LogP contribution is 2.16. The van der Waals surface area contributed by atoms with Crippen LogP contribution in [-0.2, 0) is 4.79 Å². The molecule has 0 spiro atoms. The van der Waals surface area contributed by atoms with E-state index in [-0.39, 0.29) is 17.6 Å². The van der Waals surface area contributed by atoms with Gasteiger partial charge in [0, 0.05) is 11.8 Å². The highest BCUT2D eigenvalue weighted by molar-refractivity contribution is 5.94. The first-order chi connectivity index (χ1) is 9.88. The van der Waals surface area contributed by atoms with Gasteiger partial charge in [0.25, 0.3) is 0 Å². The largest absolute Gasteiger partial charge is 0.320 e. The van der Waals surface area contributed by atoms with E-state index in [4.69, 9.17) is 5.73 Å². The zero-order valence-electron chi connectivity index (χ0n) is 12.3. The summed E-state index contributed by atoms with van der Waals surface area (Å²) >= 11 is 0. The molecular formula is C15H19FN4O. The molecule has 1 aromatic carbocycles. The first kappa shape index (κ1) is 15.2. The van der Waals surface area contributed by atoms with Crippen molar-refractivity contribution in [3.8, 4) is 5.69 Å². The quantitative estimate of drug-likeness (QED) is 0.907. The lowest BCUT2D eigenvalue weighted by Gasteiger charge is -2.13. The van der Waals surface area contributed by atoms with Gasteiger partial charge in [-0.05, 0) is 31.0 Å². The monoisotopic (exact) mass is 290 g/mol. The molecule has 0 aliphatic heterocycles. The Morgan fingerprint density at radius 1 is 1.38 bits per heavy atom. The second kappa shape index (κ2) is 6.05. The third kappa shape index (κ3) is 3.46. The molecule has 21 heavy (non-hydrogen) atoms. The van der Waals surface area contributed by atoms with Crippen LogP contribution < -0.4 is 11.1 Å². The minimum atomic E-state index is -0.593. The molecule has 3 N–H and O–H groups in total. The van der Waals surface area contributed by atoms with Crippen LogP contribution in [-0.4, -0.2) is 21.7 Å². The number of hydrogen-bond donors (Lipinski definition) is 2. The fourth-order valence-electron chi connectivity index (χ4n) is 1.92. The van der Waals surface area contributed by atoms with Crippen molar-refractivity contribution in [1.29, 1.82) is 0 Å². The molecule has 6 heteroatoms. The highest BCUT2D eigenvalue weighted by Gasteiger charge is 2.18. The molecule has 2 aromatic rings. The van der Waals surface area contributed by atoms with E-state index in [2.05, 4.69) is 10.4 Å². The maximum Gasteiger partial charge on any atom is 0.242 e. The Hall–Kier alpha value is -2.21. The highest BCUT2D eigenvalue weighted by atomic mass is 19.1. The predicted octanol–water partition coefficient (Wildman–Crippen LogP) is 2.24. The van der Waals surface area contributed by atoms with Gasteiger partial charge < -0.3 is 11.1 Å². The topological polar surface area (TPSA) is 72.9 Å². The van der Waals surface area contributed by atoms with Crippen molar-refractivity contribution >= 4 is 11.7 Å². The van der Waals surface area contributed by atoms with Crippen LogP contribution in [0.1, 0.15) is 19.5 Å². The van der Waals surface area contributed by atoms with Crippen LogP contribution in [0, 0.1) is 18.7 Å². The van der Waals surface area contributed by atoms with E-state index in [0.717, 1.165) is 5.69 Å². The van der Waals surface area contributed by atoms with E-state index in [1.165, 1.54) is 12.1 Å². The Balaban J connectivity index is 2.22. The maximum absolute atomic E-state index is 13.3. The molecule has 5 nitrogen and oxygen atoms in total. The summed E-state index contributed by atoms with van der Waals surface area (Å²) in [6.45, 7) is 5.58. The zero-order chi connectivity index (χ0) is 15.6. The lowest BCUT2D eigenvalue weighted by atomic mass is 10.1. The normalized spacial score (nSPS) is 12.5. The Morgan fingerprint density at radius 3 is 2.71 bits per heavy atom. The van der Waals surface area contributed by atoms with E-state index < -0.39 is 6.04 Å². The van der Waals surface area contributed by atoms with Crippen LogP contribution in [0.25, 0.3) is 5.69 Å². The second-order valence-electron chi connectivity index (χ2n) is 5.32. The number of rotatable bonds is 4. The van der Waals surface area contributed by atoms with Gasteiger partial charge in [0.2, 0.25) is 5.91 Å². The number of halogens is 1. The molecule has 1 atom stereocenters. The molecule has 1 heterocycles. The van der Waals surface area contributed by atoms with Gasteiger partial charge in [0.15, 0.2) is 5.82 Å². The summed E-state index contributed by atoms with van der Waals surface area (Å²) < 4.78 is 14.8. The molecule has 0 unspecified atom stereocenters. The summed E-state index contributed by atoms with van der Waals surface area (Å²) in [7, 11) is 0. The minimum absolute atomic E-state index is 0.0383. The van der Waals surface area contributed by atoms with E-state index in [1.807, 2.05) is 20.8 Å². The van der Waals surface area contributed by atoms with Crippen molar-refractivity contribution in [2.75, 3.05) is 5.32 Å². The lowest BCUT2D eigenvalue weighted by Crippen LogP contribution is -2.39. The first-order valence-electron chi connectivity index (χ1n) is 6.77. The van der Waals surface area contributed by atoms with E-state index >= 15 is 0 Å². The summed E-state index contributed by atoms with van der Waals surface area (Å²) in [6, 6.07) is 7.23. The van der Waals surface area contributed by atoms with Crippen LogP contribution in [0.15, 0.2) is 30.3 Å². The molecule has 0 radical (unpaired) electrons. The summed E-state index contributed by atoms with van der Waals surface area (Å²) in [6.07, 6.45) is 0. The molecule has 112 valence electrons. The number of nitrogens with two attached hydrogens (primary N) is 1. The summed E-state index contributed by atoms with van der Waals surface area (Å²) in [5, 5.41) is 6.94. The van der Waals surface area contributed by atoms with Crippen LogP contribution in [0.3, 0.4) is 0 Å². The standard InChI is InChI=1S/C15H19FN4O/c1-9(2)14(17)15(21)18-13-7-10(3)20(19-13)12-6-4-5-11(16)8-12/h4-9,14H,17H2,1-3H3,(H,18,19,21)/t14-/m0/s1. The maximum atomic E-state index is 13.3. The fraction of sp³-hybridized carbons (Fsp3) is 0.333. The van der Waals surface area contributed by atoms with Crippen LogP contribution in [0.5, 0.6) is 0 Å². The van der Waals surface area contributed by atoms with Gasteiger partial charge >= 0.3 is 0 Å². The third-order valence-corrected chi connectivity index (χ3v) is 3.21. The predicted molar refractivity (Wildman–Crippen MR) is 79.7 cm³/mol. The smallest absolute Gasteiger partial charge is 0.242 e. The molecule has 0 bridgehead atoms. The average Bonchev–Trinajstić information content (AvgIpc) is 2.78. The number of benzene rings is 1. The number of amides is 1. The SMILES string of the molecule is Cc1cc(NC(=O)[C@@H](N)C(C)C)nn1-c1cccc(F)c1. The molecule has 2 rings (SSSR count). The van der Waals surface area contributed by atoms with Gasteiger partial charge in [0.05, 0.1) is 11.7 Å². The number of carbonyl (C=O) groups is 1. The number of anilines is 1. The van der Waals surface area contributed by atoms with Gasteiger partial charge in [-0.3, -0.25) is 4.79 Å². The van der Waals surface area contributed by atoms with Crippen LogP contribution in [0.4, 0.5) is 10.2 Å². The number of nitrogens with one attached hydrogen (secondary N) is 1. The van der Waals surface area contributed by atoms with Crippen molar-refractivity contribution in [3.63, 3.8) is 0 Å². The van der Waals surface area contributed by atoms with E-state index in [0.29, 0.717) is 11.5 Å². The Bertz CT molecular complexity index is 651. The van der Waals surface area contributed by atoms with Gasteiger partial charge in [-0.1, -0.05) is 19.9 Å². The summed E-state index contributed by atoms with van der Waals surface area (Å²) in [5.41, 5.74) is 7.17. The van der Waals surface area contributed by atoms with Gasteiger partial charge in [-0.2, -0.15) is 0 Å². The Morgan fingerprint density at radius 2 is 2.10 bits per heavy atom. The average molecular weight is 290 g/mol. The minimum Gasteiger partial charge on any atom is -0.320 e. The van der Waals surface area contributed by atoms with E-state index in [1.54, 1.807) is 22.9 Å². The number of carbonyl (C=O) groups excluding carboxylic acids is 1. The van der Waals surface area contributed by atoms with Gasteiger partial charge in [-0.25, -0.2) is 9.07 Å². The molecule has 0 aliphatic rings. The number of nitrogens with zero attached hydrogens (tertiary/aromatic N) is 2. The van der Waals surface area contributed by atoms with Gasteiger partial charge in [-0.15, -0.1) is 5.10 Å². The number of aromatic nitrogens is 2. The molecule has 0 saturated heterocycles. The molecule has 0 fully saturated rings. The molecular weight excluding hydrogens is 271 g/mol. The summed E-state index contributed by atoms with van der Waals surface area (Å²) in [5.74, 6) is -0.182. The molecule has 1 aromatic heterocycles. The Labute approximate surface area is 123 Å². The van der Waals surface area contributed by atoms with Crippen molar-refractivity contribution < 1.29 is 9.18 Å². The number of aryl methyl sites for hydroxylation is 1. The number of hydrogen-bond acceptors (Lipinski definition) is 3. The Kier molecular flexibility index (Phi) is 4.37. The van der Waals surface area contributed by atoms with Crippen LogP contribution >= 0.6 is 0 Å². The van der Waals surface area contributed by atoms with Crippen LogP contribution in [0.2, 0.25) is 0 Å². The molecule has 0 aliphatic carbocycles. The van der Waals surface area contributed by atoms with Crippen molar-refractivity contribution in [2.45, 2.75) is 26.8 Å². The van der Waals surface area contributed by atoms with Crippen molar-refractivity contribution in [3.05, 3.63) is 41.8 Å². The third-order valence-electron chi connectivity index (χ3n) is 3.21. The second-order valence-corrected chi connectivity index (χ2v) is 5.32. The van der Waals surface area contributed by atoms with Crippen molar-refractivity contribution in [2.24, 2.45) is 11.7 Å². The van der Waals surface area contributed by atoms with Gasteiger partial charge in [0.1, 0.15) is 5.82 Å². The zero-order valence-corrected chi connectivity index (χ0v) is 12.3. The molecule has 0 saturated carbocycles. The van der Waals surface area contributed by atoms with Crippen molar-refractivity contribution in [1.82, 2.24) is 9.78 Å². The lowest BCUT2D eigenvalue weighted by molar-refractivity contribution is -0.118. The van der Waals surface area contributed by atoms with E-state index in [9.17, 15) is 9.18 Å².